The molecule has 0 saturated carbocycles. The molecule has 1 aliphatic carbocycles. The molecule has 2 aromatic rings. The summed E-state index contributed by atoms with van der Waals surface area (Å²) >= 11 is 0. The van der Waals surface area contributed by atoms with E-state index in [1.54, 1.807) is 12.1 Å². The number of nitrogens with zero attached hydrogens (tertiary/aromatic N) is 2. The van der Waals surface area contributed by atoms with Crippen molar-refractivity contribution < 1.29 is 13.2 Å². The molecule has 2 atom stereocenters. The van der Waals surface area contributed by atoms with Crippen LogP contribution < -0.4 is 4.31 Å². The number of carbonyl (C=O) groups is 1. The Morgan fingerprint density at radius 2 is 1.89 bits per heavy atom. The summed E-state index contributed by atoms with van der Waals surface area (Å²) in [6.45, 7) is 1.90. The van der Waals surface area contributed by atoms with E-state index in [-0.39, 0.29) is 18.0 Å². The molecule has 148 valence electrons. The van der Waals surface area contributed by atoms with Gasteiger partial charge in [0.05, 0.1) is 18.0 Å². The van der Waals surface area contributed by atoms with Gasteiger partial charge in [-0.1, -0.05) is 24.3 Å². The number of anilines is 1. The summed E-state index contributed by atoms with van der Waals surface area (Å²) in [6, 6.07) is 13.7. The van der Waals surface area contributed by atoms with E-state index >= 15 is 0 Å². The smallest absolute Gasteiger partial charge is 0.254 e. The van der Waals surface area contributed by atoms with Crippen molar-refractivity contribution in [2.24, 2.45) is 0 Å². The van der Waals surface area contributed by atoms with Crippen LogP contribution in [0.4, 0.5) is 5.69 Å². The van der Waals surface area contributed by atoms with Crippen LogP contribution in [0.5, 0.6) is 0 Å². The number of fused-ring (bicyclic) bond motifs is 2. The van der Waals surface area contributed by atoms with Gasteiger partial charge in [-0.2, -0.15) is 0 Å². The van der Waals surface area contributed by atoms with Crippen molar-refractivity contribution in [3.8, 4) is 0 Å². The van der Waals surface area contributed by atoms with Crippen molar-refractivity contribution in [2.75, 3.05) is 17.6 Å². The third-order valence-corrected chi connectivity index (χ3v) is 7.23. The zero-order chi connectivity index (χ0) is 20.1. The summed E-state index contributed by atoms with van der Waals surface area (Å²) in [6.07, 6.45) is 4.95. The average Bonchev–Trinajstić information content (AvgIpc) is 3.01. The lowest BCUT2D eigenvalue weighted by atomic mass is 9.87. The predicted molar refractivity (Wildman–Crippen MR) is 111 cm³/mol. The van der Waals surface area contributed by atoms with E-state index in [9.17, 15) is 13.2 Å². The van der Waals surface area contributed by atoms with Crippen molar-refractivity contribution in [1.82, 2.24) is 4.90 Å². The Kier molecular flexibility index (Phi) is 4.70. The Bertz CT molecular complexity index is 1030. The van der Waals surface area contributed by atoms with E-state index in [1.807, 2.05) is 31.0 Å². The lowest BCUT2D eigenvalue weighted by Crippen LogP contribution is -2.34. The van der Waals surface area contributed by atoms with Gasteiger partial charge >= 0.3 is 0 Å². The molecule has 1 amide bonds. The molecule has 2 aromatic carbocycles. The Morgan fingerprint density at radius 3 is 2.64 bits per heavy atom. The molecule has 0 N–H and O–H groups in total. The summed E-state index contributed by atoms with van der Waals surface area (Å²) in [5, 5.41) is 0. The fourth-order valence-electron chi connectivity index (χ4n) is 4.72. The second-order valence-corrected chi connectivity index (χ2v) is 9.84. The van der Waals surface area contributed by atoms with E-state index in [0.29, 0.717) is 17.7 Å². The molecule has 0 saturated heterocycles. The SMILES string of the molecule is CC1Cc2cc(C(=O)N(C)C3CCCc4ccccc43)ccc2N1S(C)(=O)=O. The minimum absolute atomic E-state index is 0.0186. The topological polar surface area (TPSA) is 57.7 Å². The predicted octanol–water partition coefficient (Wildman–Crippen LogP) is 3.55. The fourth-order valence-corrected chi connectivity index (χ4v) is 5.98. The van der Waals surface area contributed by atoms with Gasteiger partial charge in [0, 0.05) is 18.7 Å². The van der Waals surface area contributed by atoms with Gasteiger partial charge in [-0.05, 0) is 67.5 Å². The second-order valence-electron chi connectivity index (χ2n) is 7.98. The standard InChI is InChI=1S/C22H26N2O3S/c1-15-13-18-14-17(11-12-20(18)24(15)28(3,26)27)22(25)23(2)21-10-6-8-16-7-4-5-9-19(16)21/h4-5,7,9,11-12,14-15,21H,6,8,10,13H2,1-3H3. The average molecular weight is 399 g/mol. The molecule has 28 heavy (non-hydrogen) atoms. The number of sulfonamides is 1. The maximum atomic E-state index is 13.2. The number of carbonyl (C=O) groups excluding carboxylic acids is 1. The third-order valence-electron chi connectivity index (χ3n) is 5.96. The van der Waals surface area contributed by atoms with Crippen LogP contribution in [0.25, 0.3) is 0 Å². The van der Waals surface area contributed by atoms with Gasteiger partial charge in [0.25, 0.3) is 5.91 Å². The monoisotopic (exact) mass is 398 g/mol. The number of hydrogen-bond acceptors (Lipinski definition) is 3. The normalized spacial score (nSPS) is 21.2. The lowest BCUT2D eigenvalue weighted by molar-refractivity contribution is 0.0715. The van der Waals surface area contributed by atoms with E-state index < -0.39 is 10.0 Å². The molecule has 4 rings (SSSR count). The van der Waals surface area contributed by atoms with Crippen LogP contribution in [-0.2, 0) is 22.9 Å². The Hall–Kier alpha value is -2.34. The summed E-state index contributed by atoms with van der Waals surface area (Å²) in [5.41, 5.74) is 4.79. The van der Waals surface area contributed by atoms with E-state index in [0.717, 1.165) is 24.8 Å². The van der Waals surface area contributed by atoms with Gasteiger partial charge in [-0.25, -0.2) is 8.42 Å². The van der Waals surface area contributed by atoms with Crippen molar-refractivity contribution in [1.29, 1.82) is 0 Å². The highest BCUT2D eigenvalue weighted by molar-refractivity contribution is 7.92. The van der Waals surface area contributed by atoms with Crippen LogP contribution in [0.15, 0.2) is 42.5 Å². The van der Waals surface area contributed by atoms with Crippen LogP contribution in [0, 0.1) is 0 Å². The van der Waals surface area contributed by atoms with Crippen LogP contribution in [0.2, 0.25) is 0 Å². The molecule has 6 heteroatoms. The van der Waals surface area contributed by atoms with Crippen molar-refractivity contribution in [2.45, 2.75) is 44.7 Å². The lowest BCUT2D eigenvalue weighted by Gasteiger charge is -2.33. The van der Waals surface area contributed by atoms with Gasteiger partial charge < -0.3 is 4.90 Å². The summed E-state index contributed by atoms with van der Waals surface area (Å²) in [4.78, 5) is 15.0. The number of benzene rings is 2. The zero-order valence-corrected chi connectivity index (χ0v) is 17.4. The molecule has 0 spiro atoms. The van der Waals surface area contributed by atoms with Crippen LogP contribution in [-0.4, -0.2) is 38.6 Å². The minimum atomic E-state index is -3.33. The molecule has 0 radical (unpaired) electrons. The molecule has 0 fully saturated rings. The molecule has 1 heterocycles. The number of hydrogen-bond donors (Lipinski definition) is 0. The van der Waals surface area contributed by atoms with Crippen molar-refractivity contribution in [3.63, 3.8) is 0 Å². The first-order valence-corrected chi connectivity index (χ1v) is 11.6. The highest BCUT2D eigenvalue weighted by Crippen LogP contribution is 2.37. The van der Waals surface area contributed by atoms with Crippen molar-refractivity contribution in [3.05, 3.63) is 64.7 Å². The highest BCUT2D eigenvalue weighted by Gasteiger charge is 2.33. The second kappa shape index (κ2) is 6.92. The molecule has 0 bridgehead atoms. The molecule has 2 unspecified atom stereocenters. The third kappa shape index (κ3) is 3.20. The molecular weight excluding hydrogens is 372 g/mol. The van der Waals surface area contributed by atoms with Gasteiger partial charge in [0.2, 0.25) is 10.0 Å². The van der Waals surface area contributed by atoms with Crippen LogP contribution in [0.3, 0.4) is 0 Å². The Morgan fingerprint density at radius 1 is 1.14 bits per heavy atom. The Labute approximate surface area is 167 Å². The summed E-state index contributed by atoms with van der Waals surface area (Å²) < 4.78 is 25.7. The molecule has 0 aromatic heterocycles. The first kappa shape index (κ1) is 19.0. The molecule has 5 nitrogen and oxygen atoms in total. The minimum Gasteiger partial charge on any atom is -0.335 e. The number of aryl methyl sites for hydroxylation is 1. The quantitative estimate of drug-likeness (QED) is 0.795. The first-order valence-electron chi connectivity index (χ1n) is 9.74. The van der Waals surface area contributed by atoms with Crippen LogP contribution >= 0.6 is 0 Å². The molecular formula is C22H26N2O3S. The van der Waals surface area contributed by atoms with E-state index in [2.05, 4.69) is 18.2 Å². The molecule has 1 aliphatic heterocycles. The Balaban J connectivity index is 1.63. The number of rotatable bonds is 3. The summed E-state index contributed by atoms with van der Waals surface area (Å²) in [5.74, 6) is -0.0186. The van der Waals surface area contributed by atoms with Gasteiger partial charge in [0.1, 0.15) is 0 Å². The maximum Gasteiger partial charge on any atom is 0.254 e. The summed E-state index contributed by atoms with van der Waals surface area (Å²) in [7, 11) is -1.46. The van der Waals surface area contributed by atoms with Gasteiger partial charge in [0.15, 0.2) is 0 Å². The largest absolute Gasteiger partial charge is 0.335 e. The van der Waals surface area contributed by atoms with Gasteiger partial charge in [-0.3, -0.25) is 9.10 Å². The molecule has 2 aliphatic rings. The maximum absolute atomic E-state index is 13.2. The van der Waals surface area contributed by atoms with E-state index in [1.165, 1.54) is 21.7 Å². The highest BCUT2D eigenvalue weighted by atomic mass is 32.2. The first-order chi connectivity index (χ1) is 13.3. The fraction of sp³-hybridized carbons (Fsp3) is 0.409. The van der Waals surface area contributed by atoms with E-state index in [4.69, 9.17) is 0 Å². The van der Waals surface area contributed by atoms with Gasteiger partial charge in [-0.15, -0.1) is 0 Å². The van der Waals surface area contributed by atoms with Crippen LogP contribution in [0.1, 0.15) is 52.9 Å². The zero-order valence-electron chi connectivity index (χ0n) is 16.6. The number of amides is 1. The van der Waals surface area contributed by atoms with Crippen molar-refractivity contribution >= 4 is 21.6 Å².